The second-order valence-electron chi connectivity index (χ2n) is 1.99. The van der Waals surface area contributed by atoms with E-state index in [0.717, 1.165) is 0 Å². The quantitative estimate of drug-likeness (QED) is 0.451. The normalized spacial score (nSPS) is 11.7. The molecule has 1 amide bonds. The molecule has 0 aliphatic rings. The van der Waals surface area contributed by atoms with Gasteiger partial charge in [-0.3, -0.25) is 4.79 Å². The van der Waals surface area contributed by atoms with Crippen molar-refractivity contribution in [1.29, 1.82) is 0 Å². The summed E-state index contributed by atoms with van der Waals surface area (Å²) in [6, 6.07) is -0.396. The van der Waals surface area contributed by atoms with E-state index >= 15 is 0 Å². The molecule has 0 spiro atoms. The van der Waals surface area contributed by atoms with Crippen LogP contribution in [0.4, 0.5) is 0 Å². The van der Waals surface area contributed by atoms with Gasteiger partial charge in [0.1, 0.15) is 6.29 Å². The zero-order valence-electron chi connectivity index (χ0n) is 5.96. The van der Waals surface area contributed by atoms with Crippen LogP contribution in [0.25, 0.3) is 0 Å². The van der Waals surface area contributed by atoms with Crippen LogP contribution in [0.15, 0.2) is 12.7 Å². The fraction of sp³-hybridized carbons (Fsp3) is 0.429. The van der Waals surface area contributed by atoms with E-state index in [0.29, 0.717) is 6.29 Å². The minimum atomic E-state index is -0.396. The first-order chi connectivity index (χ1) is 4.70. The Morgan fingerprint density at radius 3 is 2.80 bits per heavy atom. The Hall–Kier alpha value is -1.12. The topological polar surface area (TPSA) is 46.2 Å². The molecule has 1 atom stereocenters. The number of carbonyl (C=O) groups excluding carboxylic acids is 2. The Bertz CT molecular complexity index is 143. The van der Waals surface area contributed by atoms with Gasteiger partial charge in [0.05, 0.1) is 6.04 Å². The minimum absolute atomic E-state index is 0.172. The molecule has 0 aliphatic heterocycles. The van der Waals surface area contributed by atoms with Crippen LogP contribution in [0.3, 0.4) is 0 Å². The number of amides is 1. The van der Waals surface area contributed by atoms with Crippen molar-refractivity contribution in [2.45, 2.75) is 19.4 Å². The van der Waals surface area contributed by atoms with Gasteiger partial charge in [-0.15, -0.1) is 6.58 Å². The average Bonchev–Trinajstić information content (AvgIpc) is 1.88. The van der Waals surface area contributed by atoms with Crippen molar-refractivity contribution >= 4 is 12.2 Å². The highest BCUT2D eigenvalue weighted by Crippen LogP contribution is 1.81. The molecule has 0 aromatic rings. The summed E-state index contributed by atoms with van der Waals surface area (Å²) in [5.74, 6) is -0.172. The summed E-state index contributed by atoms with van der Waals surface area (Å²) < 4.78 is 0. The second kappa shape index (κ2) is 4.73. The van der Waals surface area contributed by atoms with Gasteiger partial charge < -0.3 is 10.1 Å². The van der Waals surface area contributed by atoms with Crippen LogP contribution in [-0.4, -0.2) is 18.2 Å². The van der Waals surface area contributed by atoms with Gasteiger partial charge in [-0.05, 0) is 6.92 Å². The number of aldehydes is 1. The van der Waals surface area contributed by atoms with Crippen molar-refractivity contribution in [3.63, 3.8) is 0 Å². The number of hydrogen-bond donors (Lipinski definition) is 1. The molecule has 0 rings (SSSR count). The summed E-state index contributed by atoms with van der Waals surface area (Å²) >= 11 is 0. The third-order valence-corrected chi connectivity index (χ3v) is 0.923. The molecule has 3 nitrogen and oxygen atoms in total. The lowest BCUT2D eigenvalue weighted by atomic mass is 10.3. The first kappa shape index (κ1) is 8.88. The van der Waals surface area contributed by atoms with E-state index in [-0.39, 0.29) is 12.3 Å². The number of nitrogens with one attached hydrogen (secondary N) is 1. The van der Waals surface area contributed by atoms with Gasteiger partial charge in [0.2, 0.25) is 5.91 Å². The third-order valence-electron chi connectivity index (χ3n) is 0.923. The van der Waals surface area contributed by atoms with Gasteiger partial charge in [-0.25, -0.2) is 0 Å². The maximum atomic E-state index is 10.7. The summed E-state index contributed by atoms with van der Waals surface area (Å²) in [4.78, 5) is 20.7. The second-order valence-corrected chi connectivity index (χ2v) is 1.99. The summed E-state index contributed by atoms with van der Waals surface area (Å²) in [5.41, 5.74) is 0. The molecule has 0 bridgehead atoms. The van der Waals surface area contributed by atoms with Crippen molar-refractivity contribution in [2.24, 2.45) is 0 Å². The fourth-order valence-corrected chi connectivity index (χ4v) is 0.478. The summed E-state index contributed by atoms with van der Waals surface area (Å²) in [7, 11) is 0. The highest BCUT2D eigenvalue weighted by Gasteiger charge is 2.01. The van der Waals surface area contributed by atoms with Crippen molar-refractivity contribution in [2.75, 3.05) is 0 Å². The molecule has 56 valence electrons. The van der Waals surface area contributed by atoms with E-state index in [1.54, 1.807) is 6.92 Å². The smallest absolute Gasteiger partial charge is 0.224 e. The van der Waals surface area contributed by atoms with Gasteiger partial charge in [0, 0.05) is 6.42 Å². The predicted octanol–water partition coefficient (Wildman–Crippen LogP) is 0.266. The largest absolute Gasteiger partial charge is 0.347 e. The molecule has 0 aromatic heterocycles. The Morgan fingerprint density at radius 2 is 2.40 bits per heavy atom. The van der Waals surface area contributed by atoms with Crippen molar-refractivity contribution < 1.29 is 9.59 Å². The number of carbonyl (C=O) groups is 2. The molecule has 0 aliphatic carbocycles. The predicted molar refractivity (Wildman–Crippen MR) is 38.5 cm³/mol. The highest BCUT2D eigenvalue weighted by atomic mass is 16.2. The van der Waals surface area contributed by atoms with E-state index in [2.05, 4.69) is 11.9 Å². The molecular weight excluding hydrogens is 130 g/mol. The zero-order valence-corrected chi connectivity index (χ0v) is 5.96. The van der Waals surface area contributed by atoms with Gasteiger partial charge in [-0.1, -0.05) is 6.08 Å². The van der Waals surface area contributed by atoms with Crippen molar-refractivity contribution in [3.8, 4) is 0 Å². The van der Waals surface area contributed by atoms with Crippen LogP contribution < -0.4 is 5.32 Å². The lowest BCUT2D eigenvalue weighted by Crippen LogP contribution is -2.32. The molecule has 1 N–H and O–H groups in total. The summed E-state index contributed by atoms with van der Waals surface area (Å²) in [5, 5.41) is 2.45. The van der Waals surface area contributed by atoms with E-state index < -0.39 is 6.04 Å². The molecular formula is C7H11NO2. The van der Waals surface area contributed by atoms with Crippen LogP contribution in [0.5, 0.6) is 0 Å². The van der Waals surface area contributed by atoms with Crippen molar-refractivity contribution in [3.05, 3.63) is 12.7 Å². The molecule has 0 fully saturated rings. The third kappa shape index (κ3) is 3.83. The Balaban J connectivity index is 3.56. The van der Waals surface area contributed by atoms with Gasteiger partial charge >= 0.3 is 0 Å². The van der Waals surface area contributed by atoms with Crippen LogP contribution in [0.2, 0.25) is 0 Å². The zero-order chi connectivity index (χ0) is 7.98. The van der Waals surface area contributed by atoms with Gasteiger partial charge in [-0.2, -0.15) is 0 Å². The van der Waals surface area contributed by atoms with Crippen LogP contribution >= 0.6 is 0 Å². The summed E-state index contributed by atoms with van der Waals surface area (Å²) in [6.45, 7) is 5.00. The maximum Gasteiger partial charge on any atom is 0.224 e. The lowest BCUT2D eigenvalue weighted by molar-refractivity contribution is -0.123. The Kier molecular flexibility index (Phi) is 4.20. The highest BCUT2D eigenvalue weighted by molar-refractivity contribution is 5.80. The SMILES string of the molecule is C=CCC(=O)N[C@@H](C)C=O. The molecule has 0 unspecified atom stereocenters. The van der Waals surface area contributed by atoms with Gasteiger partial charge in [0.15, 0.2) is 0 Å². The van der Waals surface area contributed by atoms with Gasteiger partial charge in [0.25, 0.3) is 0 Å². The summed E-state index contributed by atoms with van der Waals surface area (Å²) in [6.07, 6.45) is 2.44. The molecule has 0 saturated carbocycles. The maximum absolute atomic E-state index is 10.7. The van der Waals surface area contributed by atoms with E-state index in [9.17, 15) is 9.59 Å². The molecule has 0 radical (unpaired) electrons. The average molecular weight is 141 g/mol. The fourth-order valence-electron chi connectivity index (χ4n) is 0.478. The standard InChI is InChI=1S/C7H11NO2/c1-3-4-7(10)8-6(2)5-9/h3,5-6H,1,4H2,2H3,(H,8,10)/t6-/m0/s1. The molecule has 0 heterocycles. The Labute approximate surface area is 60.1 Å². The van der Waals surface area contributed by atoms with Crippen LogP contribution in [-0.2, 0) is 9.59 Å². The van der Waals surface area contributed by atoms with E-state index in [1.165, 1.54) is 6.08 Å². The van der Waals surface area contributed by atoms with E-state index in [1.807, 2.05) is 0 Å². The molecule has 10 heavy (non-hydrogen) atoms. The molecule has 0 saturated heterocycles. The van der Waals surface area contributed by atoms with Crippen LogP contribution in [0.1, 0.15) is 13.3 Å². The number of rotatable bonds is 4. The van der Waals surface area contributed by atoms with Crippen LogP contribution in [0, 0.1) is 0 Å². The number of hydrogen-bond acceptors (Lipinski definition) is 2. The van der Waals surface area contributed by atoms with Crippen molar-refractivity contribution in [1.82, 2.24) is 5.32 Å². The monoisotopic (exact) mass is 141 g/mol. The Morgan fingerprint density at radius 1 is 1.80 bits per heavy atom. The molecule has 3 heteroatoms. The first-order valence-electron chi connectivity index (χ1n) is 3.06. The lowest BCUT2D eigenvalue weighted by Gasteiger charge is -2.03. The molecule has 0 aromatic carbocycles. The van der Waals surface area contributed by atoms with E-state index in [4.69, 9.17) is 0 Å². The first-order valence-corrected chi connectivity index (χ1v) is 3.06. The minimum Gasteiger partial charge on any atom is -0.347 e.